The number of benzene rings is 2. The van der Waals surface area contributed by atoms with Crippen molar-refractivity contribution in [2.45, 2.75) is 13.5 Å². The molecule has 0 fully saturated rings. The van der Waals surface area contributed by atoms with Crippen LogP contribution in [0, 0.1) is 6.92 Å². The third-order valence-corrected chi connectivity index (χ3v) is 3.43. The van der Waals surface area contributed by atoms with Crippen molar-refractivity contribution >= 4 is 16.6 Å². The normalized spacial score (nSPS) is 10.2. The van der Waals surface area contributed by atoms with Crippen LogP contribution in [-0.4, -0.2) is 0 Å². The van der Waals surface area contributed by atoms with Crippen molar-refractivity contribution in [2.24, 2.45) is 0 Å². The molecule has 0 bridgehead atoms. The lowest BCUT2D eigenvalue weighted by atomic mass is 10.1. The summed E-state index contributed by atoms with van der Waals surface area (Å²) in [5.74, 6) is 0. The number of fused-ring (bicyclic) bond motifs is 1. The number of aromatic nitrogens is 1. The van der Waals surface area contributed by atoms with E-state index in [0.29, 0.717) is 0 Å². The van der Waals surface area contributed by atoms with Crippen LogP contribution >= 0.6 is 0 Å². The lowest BCUT2D eigenvalue weighted by Crippen LogP contribution is -3.00. The third kappa shape index (κ3) is 2.83. The van der Waals surface area contributed by atoms with E-state index in [4.69, 9.17) is 5.73 Å². The SMILES string of the molecule is Cc1ccc(C[n+]2ccc(N)c3ccccc32)cc1.[Br-]. The second kappa shape index (κ2) is 6.06. The van der Waals surface area contributed by atoms with E-state index in [2.05, 4.69) is 54.1 Å². The highest BCUT2D eigenvalue weighted by molar-refractivity contribution is 5.87. The van der Waals surface area contributed by atoms with E-state index < -0.39 is 0 Å². The predicted octanol–water partition coefficient (Wildman–Crippen LogP) is 0.0702. The van der Waals surface area contributed by atoms with Gasteiger partial charge < -0.3 is 22.7 Å². The van der Waals surface area contributed by atoms with Crippen molar-refractivity contribution in [3.05, 3.63) is 71.9 Å². The molecule has 1 heterocycles. The molecule has 0 unspecified atom stereocenters. The zero-order chi connectivity index (χ0) is 13.2. The van der Waals surface area contributed by atoms with Crippen LogP contribution < -0.4 is 27.3 Å². The number of hydrogen-bond acceptors (Lipinski definition) is 1. The van der Waals surface area contributed by atoms with E-state index in [-0.39, 0.29) is 17.0 Å². The quantitative estimate of drug-likeness (QED) is 0.663. The van der Waals surface area contributed by atoms with Gasteiger partial charge in [-0.15, -0.1) is 0 Å². The number of nitrogens with two attached hydrogens (primary N) is 1. The fourth-order valence-corrected chi connectivity index (χ4v) is 2.34. The lowest BCUT2D eigenvalue weighted by Gasteiger charge is -2.04. The van der Waals surface area contributed by atoms with Gasteiger partial charge in [0.15, 0.2) is 12.7 Å². The van der Waals surface area contributed by atoms with Gasteiger partial charge in [-0.2, -0.15) is 4.57 Å². The summed E-state index contributed by atoms with van der Waals surface area (Å²) >= 11 is 0. The summed E-state index contributed by atoms with van der Waals surface area (Å²) in [5, 5.41) is 1.11. The topological polar surface area (TPSA) is 29.9 Å². The summed E-state index contributed by atoms with van der Waals surface area (Å²) < 4.78 is 2.23. The Bertz CT molecular complexity index is 721. The van der Waals surface area contributed by atoms with E-state index in [1.54, 1.807) is 0 Å². The van der Waals surface area contributed by atoms with Crippen LogP contribution in [0.3, 0.4) is 0 Å². The maximum Gasteiger partial charge on any atom is 0.214 e. The number of pyridine rings is 1. The first kappa shape index (κ1) is 14.5. The first-order chi connectivity index (χ1) is 9.24. The van der Waals surface area contributed by atoms with Crippen LogP contribution in [-0.2, 0) is 6.54 Å². The number of hydrogen-bond donors (Lipinski definition) is 1. The average molecular weight is 329 g/mol. The number of nitrogen functional groups attached to an aromatic ring is 1. The smallest absolute Gasteiger partial charge is 0.214 e. The molecule has 3 aromatic rings. The molecule has 0 aliphatic rings. The zero-order valence-electron chi connectivity index (χ0n) is 11.4. The largest absolute Gasteiger partial charge is 1.00 e. The molecular formula is C17H17BrN2. The first-order valence-electron chi connectivity index (χ1n) is 6.46. The maximum atomic E-state index is 6.03. The Morgan fingerprint density at radius 1 is 0.950 bits per heavy atom. The molecule has 0 aliphatic heterocycles. The molecule has 2 nitrogen and oxygen atoms in total. The van der Waals surface area contributed by atoms with Gasteiger partial charge in [0, 0.05) is 17.7 Å². The number of rotatable bonds is 2. The molecule has 0 saturated carbocycles. The van der Waals surface area contributed by atoms with Crippen LogP contribution in [0.15, 0.2) is 60.8 Å². The molecule has 1 aromatic heterocycles. The fraction of sp³-hybridized carbons (Fsp3) is 0.118. The Balaban J connectivity index is 0.00000147. The lowest BCUT2D eigenvalue weighted by molar-refractivity contribution is -0.662. The minimum atomic E-state index is 0. The van der Waals surface area contributed by atoms with Crippen molar-refractivity contribution in [1.82, 2.24) is 0 Å². The summed E-state index contributed by atoms with van der Waals surface area (Å²) in [6.45, 7) is 2.97. The van der Waals surface area contributed by atoms with Crippen LogP contribution in [0.4, 0.5) is 5.69 Å². The monoisotopic (exact) mass is 328 g/mol. The van der Waals surface area contributed by atoms with Crippen LogP contribution in [0.5, 0.6) is 0 Å². The second-order valence-corrected chi connectivity index (χ2v) is 4.90. The van der Waals surface area contributed by atoms with E-state index in [1.807, 2.05) is 18.2 Å². The van der Waals surface area contributed by atoms with Gasteiger partial charge in [-0.05, 0) is 13.0 Å². The van der Waals surface area contributed by atoms with Gasteiger partial charge in [0.2, 0.25) is 5.52 Å². The average Bonchev–Trinajstić information content (AvgIpc) is 2.45. The maximum absolute atomic E-state index is 6.03. The van der Waals surface area contributed by atoms with Crippen molar-refractivity contribution in [2.75, 3.05) is 5.73 Å². The summed E-state index contributed by atoms with van der Waals surface area (Å²) in [4.78, 5) is 0. The Morgan fingerprint density at radius 2 is 1.65 bits per heavy atom. The molecule has 0 atom stereocenters. The van der Waals surface area contributed by atoms with Gasteiger partial charge in [-0.1, -0.05) is 42.0 Å². The summed E-state index contributed by atoms with van der Waals surface area (Å²) in [5.41, 5.74) is 10.6. The molecule has 0 amide bonds. The molecule has 0 aliphatic carbocycles. The fourth-order valence-electron chi connectivity index (χ4n) is 2.34. The molecule has 102 valence electrons. The molecule has 3 rings (SSSR count). The molecule has 2 aromatic carbocycles. The van der Waals surface area contributed by atoms with Gasteiger partial charge in [0.1, 0.15) is 0 Å². The zero-order valence-corrected chi connectivity index (χ0v) is 13.0. The summed E-state index contributed by atoms with van der Waals surface area (Å²) in [6.07, 6.45) is 2.05. The van der Waals surface area contributed by atoms with Gasteiger partial charge in [0.05, 0.1) is 11.1 Å². The van der Waals surface area contributed by atoms with Crippen molar-refractivity contribution in [3.8, 4) is 0 Å². The van der Waals surface area contributed by atoms with Crippen LogP contribution in [0.25, 0.3) is 10.9 Å². The minimum absolute atomic E-state index is 0. The van der Waals surface area contributed by atoms with Gasteiger partial charge in [-0.3, -0.25) is 0 Å². The molecule has 2 N–H and O–H groups in total. The number of nitrogens with zero attached hydrogens (tertiary/aromatic N) is 1. The molecule has 3 heteroatoms. The third-order valence-electron chi connectivity index (χ3n) is 3.43. The standard InChI is InChI=1S/C17H16N2.BrH/c1-13-6-8-14(9-7-13)12-19-11-10-16(18)15-4-2-3-5-17(15)19;/h2-11,18H,12H2,1H3;1H. The van der Waals surface area contributed by atoms with Crippen LogP contribution in [0.1, 0.15) is 11.1 Å². The molecule has 20 heavy (non-hydrogen) atoms. The molecule has 0 radical (unpaired) electrons. The molecule has 0 saturated heterocycles. The first-order valence-corrected chi connectivity index (χ1v) is 6.46. The minimum Gasteiger partial charge on any atom is -1.00 e. The Kier molecular flexibility index (Phi) is 4.40. The Hall–Kier alpha value is -1.87. The highest BCUT2D eigenvalue weighted by atomic mass is 79.9. The predicted molar refractivity (Wildman–Crippen MR) is 78.8 cm³/mol. The van der Waals surface area contributed by atoms with Gasteiger partial charge in [-0.25, -0.2) is 0 Å². The molecule has 0 spiro atoms. The van der Waals surface area contributed by atoms with Crippen LogP contribution in [0.2, 0.25) is 0 Å². The number of halogens is 1. The number of para-hydroxylation sites is 1. The number of aryl methyl sites for hydroxylation is 1. The molecular weight excluding hydrogens is 312 g/mol. The van der Waals surface area contributed by atoms with Crippen molar-refractivity contribution < 1.29 is 21.5 Å². The van der Waals surface area contributed by atoms with Crippen molar-refractivity contribution in [3.63, 3.8) is 0 Å². The second-order valence-electron chi connectivity index (χ2n) is 4.90. The summed E-state index contributed by atoms with van der Waals surface area (Å²) in [7, 11) is 0. The van der Waals surface area contributed by atoms with Gasteiger partial charge >= 0.3 is 0 Å². The number of anilines is 1. The highest BCUT2D eigenvalue weighted by Gasteiger charge is 2.10. The van der Waals surface area contributed by atoms with E-state index in [0.717, 1.165) is 17.6 Å². The Morgan fingerprint density at radius 3 is 2.40 bits per heavy atom. The van der Waals surface area contributed by atoms with E-state index in [9.17, 15) is 0 Å². The Labute approximate surface area is 129 Å². The summed E-state index contributed by atoms with van der Waals surface area (Å²) in [6, 6.07) is 18.9. The van der Waals surface area contributed by atoms with Crippen molar-refractivity contribution in [1.29, 1.82) is 0 Å². The highest BCUT2D eigenvalue weighted by Crippen LogP contribution is 2.17. The van der Waals surface area contributed by atoms with Gasteiger partial charge in [0.25, 0.3) is 0 Å². The van der Waals surface area contributed by atoms with E-state index in [1.165, 1.54) is 16.6 Å². The van der Waals surface area contributed by atoms with E-state index >= 15 is 0 Å².